The number of methoxy groups -OCH3 is 1. The number of nitrogens with one attached hydrogen (secondary N) is 2. The second kappa shape index (κ2) is 8.02. The van der Waals surface area contributed by atoms with Crippen LogP contribution in [-0.4, -0.2) is 24.7 Å². The molecule has 1 aromatic heterocycles. The Balaban J connectivity index is 1.70. The third-order valence-corrected chi connectivity index (χ3v) is 4.30. The average molecular weight is 359 g/mol. The topological polar surface area (TPSA) is 66.7 Å². The van der Waals surface area contributed by atoms with Gasteiger partial charge in [0.1, 0.15) is 11.5 Å². The summed E-state index contributed by atoms with van der Waals surface area (Å²) in [5.74, 6) is 1.61. The molecule has 0 aliphatic carbocycles. The van der Waals surface area contributed by atoms with Gasteiger partial charge in [-0.1, -0.05) is 0 Å². The number of piperidine rings is 1. The second-order valence-electron chi connectivity index (χ2n) is 5.78. The summed E-state index contributed by atoms with van der Waals surface area (Å²) < 4.78 is 10.7. The Kier molecular flexibility index (Phi) is 5.55. The quantitative estimate of drug-likeness (QED) is 0.799. The van der Waals surface area contributed by atoms with E-state index in [1.807, 2.05) is 30.3 Å². The molecule has 1 aliphatic heterocycles. The summed E-state index contributed by atoms with van der Waals surface area (Å²) in [6.07, 6.45) is 4.13. The molecule has 0 atom stereocenters. The third kappa shape index (κ3) is 4.30. The van der Waals surface area contributed by atoms with Gasteiger partial charge in [0.15, 0.2) is 5.11 Å². The lowest BCUT2D eigenvalue weighted by molar-refractivity contribution is -0.119. The van der Waals surface area contributed by atoms with Gasteiger partial charge >= 0.3 is 0 Å². The van der Waals surface area contributed by atoms with Crippen molar-refractivity contribution in [1.82, 2.24) is 5.32 Å². The SMILES string of the molecule is COc1ccc(NC(=S)NCc2ccco2)cc1N1CCCCC1=O. The molecule has 0 unspecified atom stereocenters. The molecule has 132 valence electrons. The van der Waals surface area contributed by atoms with E-state index in [4.69, 9.17) is 21.4 Å². The van der Waals surface area contributed by atoms with Gasteiger partial charge in [-0.2, -0.15) is 0 Å². The number of ether oxygens (including phenoxy) is 1. The summed E-state index contributed by atoms with van der Waals surface area (Å²) in [6.45, 7) is 1.21. The van der Waals surface area contributed by atoms with E-state index in [0.717, 1.165) is 30.0 Å². The Labute approximate surface area is 152 Å². The van der Waals surface area contributed by atoms with Gasteiger partial charge in [0.25, 0.3) is 0 Å². The summed E-state index contributed by atoms with van der Waals surface area (Å²) in [4.78, 5) is 14.0. The number of hydrogen-bond acceptors (Lipinski definition) is 4. The molecule has 0 saturated carbocycles. The van der Waals surface area contributed by atoms with Crippen LogP contribution < -0.4 is 20.3 Å². The number of carbonyl (C=O) groups is 1. The van der Waals surface area contributed by atoms with Crippen LogP contribution in [0.2, 0.25) is 0 Å². The minimum Gasteiger partial charge on any atom is -0.495 e. The number of furan rings is 1. The van der Waals surface area contributed by atoms with Crippen molar-refractivity contribution in [1.29, 1.82) is 0 Å². The van der Waals surface area contributed by atoms with Crippen LogP contribution >= 0.6 is 12.2 Å². The maximum Gasteiger partial charge on any atom is 0.227 e. The van der Waals surface area contributed by atoms with Gasteiger partial charge in [-0.25, -0.2) is 0 Å². The zero-order valence-corrected chi connectivity index (χ0v) is 14.9. The van der Waals surface area contributed by atoms with E-state index in [1.54, 1.807) is 18.3 Å². The Morgan fingerprint density at radius 3 is 2.96 bits per heavy atom. The van der Waals surface area contributed by atoms with E-state index in [-0.39, 0.29) is 5.91 Å². The molecule has 3 rings (SSSR count). The molecule has 25 heavy (non-hydrogen) atoms. The van der Waals surface area contributed by atoms with Crippen molar-refractivity contribution in [3.8, 4) is 5.75 Å². The Bertz CT molecular complexity index is 746. The molecule has 1 amide bonds. The molecule has 0 radical (unpaired) electrons. The molecular formula is C18H21N3O3S. The minimum atomic E-state index is 0.125. The summed E-state index contributed by atoms with van der Waals surface area (Å²) in [6, 6.07) is 9.32. The van der Waals surface area contributed by atoms with Crippen molar-refractivity contribution < 1.29 is 13.9 Å². The molecule has 0 spiro atoms. The summed E-state index contributed by atoms with van der Waals surface area (Å²) >= 11 is 5.32. The van der Waals surface area contributed by atoms with E-state index < -0.39 is 0 Å². The Morgan fingerprint density at radius 2 is 2.24 bits per heavy atom. The largest absolute Gasteiger partial charge is 0.495 e. The van der Waals surface area contributed by atoms with E-state index in [2.05, 4.69) is 10.6 Å². The summed E-state index contributed by atoms with van der Waals surface area (Å²) in [5, 5.41) is 6.70. The van der Waals surface area contributed by atoms with Crippen molar-refractivity contribution in [3.05, 3.63) is 42.4 Å². The second-order valence-corrected chi connectivity index (χ2v) is 6.18. The van der Waals surface area contributed by atoms with E-state index >= 15 is 0 Å². The van der Waals surface area contributed by atoms with Gasteiger partial charge in [0.2, 0.25) is 5.91 Å². The van der Waals surface area contributed by atoms with Gasteiger partial charge in [0, 0.05) is 18.7 Å². The smallest absolute Gasteiger partial charge is 0.227 e. The maximum atomic E-state index is 12.2. The van der Waals surface area contributed by atoms with Crippen LogP contribution in [-0.2, 0) is 11.3 Å². The first-order valence-corrected chi connectivity index (χ1v) is 8.64. The molecule has 7 heteroatoms. The lowest BCUT2D eigenvalue weighted by atomic mass is 10.1. The van der Waals surface area contributed by atoms with Crippen LogP contribution in [0.5, 0.6) is 5.75 Å². The molecule has 2 N–H and O–H groups in total. The predicted octanol–water partition coefficient (Wildman–Crippen LogP) is 3.29. The zero-order valence-electron chi connectivity index (χ0n) is 14.1. The van der Waals surface area contributed by atoms with Crippen molar-refractivity contribution in [2.75, 3.05) is 23.9 Å². The number of anilines is 2. The van der Waals surface area contributed by atoms with E-state index in [9.17, 15) is 4.79 Å². The predicted molar refractivity (Wildman–Crippen MR) is 101 cm³/mol. The first kappa shape index (κ1) is 17.3. The molecule has 2 aromatic rings. The van der Waals surface area contributed by atoms with Gasteiger partial charge in [-0.15, -0.1) is 0 Å². The number of amides is 1. The first-order chi connectivity index (χ1) is 12.2. The highest BCUT2D eigenvalue weighted by Crippen LogP contribution is 2.33. The Hall–Kier alpha value is -2.54. The van der Waals surface area contributed by atoms with Gasteiger partial charge in [-0.05, 0) is 55.4 Å². The van der Waals surface area contributed by atoms with Crippen molar-refractivity contribution in [3.63, 3.8) is 0 Å². The maximum absolute atomic E-state index is 12.2. The monoisotopic (exact) mass is 359 g/mol. The zero-order chi connectivity index (χ0) is 17.6. The van der Waals surface area contributed by atoms with Crippen LogP contribution in [0.25, 0.3) is 0 Å². The van der Waals surface area contributed by atoms with Crippen LogP contribution in [0.1, 0.15) is 25.0 Å². The van der Waals surface area contributed by atoms with Crippen LogP contribution in [0.3, 0.4) is 0 Å². The lowest BCUT2D eigenvalue weighted by Gasteiger charge is -2.28. The number of nitrogens with zero attached hydrogens (tertiary/aromatic N) is 1. The molecule has 1 aliphatic rings. The van der Waals surface area contributed by atoms with Gasteiger partial charge < -0.3 is 24.7 Å². The van der Waals surface area contributed by atoms with Gasteiger partial charge in [-0.3, -0.25) is 4.79 Å². The van der Waals surface area contributed by atoms with Crippen molar-refractivity contribution in [2.45, 2.75) is 25.8 Å². The Morgan fingerprint density at radius 1 is 1.36 bits per heavy atom. The van der Waals surface area contributed by atoms with E-state index in [1.165, 1.54) is 0 Å². The molecular weight excluding hydrogens is 338 g/mol. The fourth-order valence-corrected chi connectivity index (χ4v) is 2.99. The number of thiocarbonyl (C=S) groups is 1. The van der Waals surface area contributed by atoms with Crippen LogP contribution in [0.15, 0.2) is 41.0 Å². The molecule has 0 bridgehead atoms. The highest BCUT2D eigenvalue weighted by molar-refractivity contribution is 7.80. The van der Waals surface area contributed by atoms with E-state index in [0.29, 0.717) is 30.4 Å². The lowest BCUT2D eigenvalue weighted by Crippen LogP contribution is -2.35. The van der Waals surface area contributed by atoms with Crippen molar-refractivity contribution >= 4 is 34.6 Å². The molecule has 1 fully saturated rings. The highest BCUT2D eigenvalue weighted by atomic mass is 32.1. The molecule has 1 saturated heterocycles. The fraction of sp³-hybridized carbons (Fsp3) is 0.333. The summed E-state index contributed by atoms with van der Waals surface area (Å²) in [5.41, 5.74) is 1.57. The van der Waals surface area contributed by atoms with Gasteiger partial charge in [0.05, 0.1) is 25.6 Å². The average Bonchev–Trinajstić information content (AvgIpc) is 3.14. The fourth-order valence-electron chi connectivity index (χ4n) is 2.80. The van der Waals surface area contributed by atoms with Crippen molar-refractivity contribution in [2.24, 2.45) is 0 Å². The molecule has 1 aromatic carbocycles. The normalized spacial score (nSPS) is 14.3. The van der Waals surface area contributed by atoms with Crippen LogP contribution in [0.4, 0.5) is 11.4 Å². The summed E-state index contributed by atoms with van der Waals surface area (Å²) in [7, 11) is 1.61. The number of benzene rings is 1. The third-order valence-electron chi connectivity index (χ3n) is 4.05. The number of rotatable bonds is 5. The minimum absolute atomic E-state index is 0.125. The first-order valence-electron chi connectivity index (χ1n) is 8.23. The standard InChI is InChI=1S/C18H21N3O3S/c1-23-16-8-7-13(11-15(16)21-9-3-2-6-17(21)22)20-18(25)19-12-14-5-4-10-24-14/h4-5,7-8,10-11H,2-3,6,9,12H2,1H3,(H2,19,20,25). The highest BCUT2D eigenvalue weighted by Gasteiger charge is 2.22. The molecule has 6 nitrogen and oxygen atoms in total. The number of carbonyl (C=O) groups excluding carboxylic acids is 1. The number of hydrogen-bond donors (Lipinski definition) is 2. The van der Waals surface area contributed by atoms with Crippen LogP contribution in [0, 0.1) is 0 Å². The molecule has 2 heterocycles.